The van der Waals surface area contributed by atoms with E-state index in [1.54, 1.807) is 0 Å². The number of benzene rings is 1. The molecule has 8 heteroatoms. The average molecular weight is 296 g/mol. The van der Waals surface area contributed by atoms with Crippen molar-refractivity contribution < 1.29 is 31.1 Å². The van der Waals surface area contributed by atoms with E-state index in [0.717, 1.165) is 18.2 Å². The minimum absolute atomic E-state index is 0.405. The van der Waals surface area contributed by atoms with E-state index in [2.05, 4.69) is 4.74 Å². The molecule has 0 aliphatic heterocycles. The summed E-state index contributed by atoms with van der Waals surface area (Å²) in [5.41, 5.74) is -1.08. The Labute approximate surface area is 108 Å². The van der Waals surface area contributed by atoms with Gasteiger partial charge in [-0.2, -0.15) is 13.2 Å². The van der Waals surface area contributed by atoms with Gasteiger partial charge in [0.2, 0.25) is 0 Å². The predicted molar refractivity (Wildman–Crippen MR) is 60.4 cm³/mol. The molecule has 0 N–H and O–H groups in total. The van der Waals surface area contributed by atoms with Crippen molar-refractivity contribution in [2.75, 3.05) is 19.5 Å². The lowest BCUT2D eigenvalue weighted by atomic mass is 10.2. The molecule has 0 bridgehead atoms. The molecule has 106 valence electrons. The van der Waals surface area contributed by atoms with Crippen molar-refractivity contribution in [3.05, 3.63) is 29.8 Å². The van der Waals surface area contributed by atoms with Crippen LogP contribution in [0.5, 0.6) is 0 Å². The molecule has 0 heterocycles. The maximum absolute atomic E-state index is 12.5. The number of hydrogen-bond donors (Lipinski definition) is 0. The van der Waals surface area contributed by atoms with Gasteiger partial charge in [-0.3, -0.25) is 4.79 Å². The number of carbonyl (C=O) groups is 1. The molecular weight excluding hydrogens is 285 g/mol. The Morgan fingerprint density at radius 2 is 1.95 bits per heavy atom. The van der Waals surface area contributed by atoms with Gasteiger partial charge in [-0.15, -0.1) is 0 Å². The predicted octanol–water partition coefficient (Wildman–Crippen LogP) is 1.69. The van der Waals surface area contributed by atoms with Gasteiger partial charge in [0.05, 0.1) is 10.5 Å². The van der Waals surface area contributed by atoms with Crippen LogP contribution in [0.4, 0.5) is 13.2 Å². The fourth-order valence-electron chi connectivity index (χ4n) is 1.36. The normalized spacial score (nSPS) is 12.4. The number of ether oxygens (including phenoxy) is 1. The number of methoxy groups -OCH3 is 1. The fraction of sp³-hybridized carbons (Fsp3) is 0.364. The second-order valence-corrected chi connectivity index (χ2v) is 5.75. The van der Waals surface area contributed by atoms with E-state index >= 15 is 0 Å². The molecular formula is C11H11F3O4S. The molecule has 1 aromatic rings. The molecule has 0 fully saturated rings. The number of carbonyl (C=O) groups excluding carboxylic acids is 1. The first-order chi connectivity index (χ1) is 8.66. The quantitative estimate of drug-likeness (QED) is 0.829. The molecule has 4 nitrogen and oxygen atoms in total. The van der Waals surface area contributed by atoms with Crippen LogP contribution in [-0.4, -0.2) is 33.7 Å². The van der Waals surface area contributed by atoms with Crippen LogP contribution < -0.4 is 0 Å². The SMILES string of the molecule is COCC(=O)CS(=O)(=O)c1cccc(C(F)(F)F)c1. The first-order valence-corrected chi connectivity index (χ1v) is 6.72. The molecule has 0 aliphatic rings. The van der Waals surface area contributed by atoms with Crippen LogP contribution in [-0.2, 0) is 25.5 Å². The first-order valence-electron chi connectivity index (χ1n) is 5.07. The summed E-state index contributed by atoms with van der Waals surface area (Å²) in [5.74, 6) is -1.61. The van der Waals surface area contributed by atoms with Gasteiger partial charge in [0.1, 0.15) is 12.4 Å². The lowest BCUT2D eigenvalue weighted by Gasteiger charge is -2.09. The summed E-state index contributed by atoms with van der Waals surface area (Å²) in [4.78, 5) is 10.7. The summed E-state index contributed by atoms with van der Waals surface area (Å²) in [7, 11) is -2.88. The molecule has 0 amide bonds. The van der Waals surface area contributed by atoms with Crippen LogP contribution in [0.25, 0.3) is 0 Å². The van der Waals surface area contributed by atoms with Crippen LogP contribution in [0, 0.1) is 0 Å². The third-order valence-electron chi connectivity index (χ3n) is 2.18. The third-order valence-corrected chi connectivity index (χ3v) is 3.85. The van der Waals surface area contributed by atoms with Crippen LogP contribution in [0.3, 0.4) is 0 Å². The number of hydrogen-bond acceptors (Lipinski definition) is 4. The van der Waals surface area contributed by atoms with Crippen molar-refractivity contribution in [2.24, 2.45) is 0 Å². The van der Waals surface area contributed by atoms with Gasteiger partial charge < -0.3 is 4.74 Å². The second-order valence-electron chi connectivity index (χ2n) is 3.76. The molecule has 0 aromatic heterocycles. The molecule has 0 atom stereocenters. The lowest BCUT2D eigenvalue weighted by Crippen LogP contribution is -2.20. The highest BCUT2D eigenvalue weighted by Gasteiger charge is 2.31. The number of halogens is 3. The van der Waals surface area contributed by atoms with Gasteiger partial charge in [0.15, 0.2) is 15.6 Å². The van der Waals surface area contributed by atoms with Crippen molar-refractivity contribution in [1.82, 2.24) is 0 Å². The summed E-state index contributed by atoms with van der Waals surface area (Å²) >= 11 is 0. The van der Waals surface area contributed by atoms with Gasteiger partial charge in [0, 0.05) is 7.11 Å². The summed E-state index contributed by atoms with van der Waals surface area (Å²) in [6.45, 7) is -0.405. The van der Waals surface area contributed by atoms with Gasteiger partial charge in [-0.25, -0.2) is 8.42 Å². The van der Waals surface area contributed by atoms with Gasteiger partial charge >= 0.3 is 6.18 Å². The molecule has 0 aliphatic carbocycles. The topological polar surface area (TPSA) is 60.4 Å². The van der Waals surface area contributed by atoms with E-state index in [0.29, 0.717) is 6.07 Å². The van der Waals surface area contributed by atoms with Crippen LogP contribution in [0.2, 0.25) is 0 Å². The maximum atomic E-state index is 12.5. The zero-order valence-electron chi connectivity index (χ0n) is 9.90. The highest BCUT2D eigenvalue weighted by Crippen LogP contribution is 2.30. The van der Waals surface area contributed by atoms with Gasteiger partial charge in [-0.1, -0.05) is 6.07 Å². The maximum Gasteiger partial charge on any atom is 0.416 e. The number of alkyl halides is 3. The molecule has 1 rings (SSSR count). The smallest absolute Gasteiger partial charge is 0.377 e. The Morgan fingerprint density at radius 1 is 1.32 bits per heavy atom. The van der Waals surface area contributed by atoms with E-state index in [9.17, 15) is 26.4 Å². The minimum Gasteiger partial charge on any atom is -0.377 e. The molecule has 0 saturated heterocycles. The lowest BCUT2D eigenvalue weighted by molar-refractivity contribution is -0.137. The molecule has 0 spiro atoms. The molecule has 19 heavy (non-hydrogen) atoms. The van der Waals surface area contributed by atoms with E-state index in [1.165, 1.54) is 7.11 Å². The Morgan fingerprint density at radius 3 is 2.47 bits per heavy atom. The van der Waals surface area contributed by atoms with Crippen LogP contribution >= 0.6 is 0 Å². The second kappa shape index (κ2) is 5.70. The standard InChI is InChI=1S/C11H11F3O4S/c1-18-6-9(15)7-19(16,17)10-4-2-3-8(5-10)11(12,13)14/h2-5H,6-7H2,1H3. The Hall–Kier alpha value is -1.41. The Bertz CT molecular complexity index is 564. The highest BCUT2D eigenvalue weighted by molar-refractivity contribution is 7.92. The molecule has 0 saturated carbocycles. The van der Waals surface area contributed by atoms with Crippen molar-refractivity contribution in [1.29, 1.82) is 0 Å². The largest absolute Gasteiger partial charge is 0.416 e. The van der Waals surface area contributed by atoms with Crippen LogP contribution in [0.15, 0.2) is 29.2 Å². The van der Waals surface area contributed by atoms with Crippen molar-refractivity contribution >= 4 is 15.6 Å². The number of rotatable bonds is 5. The monoisotopic (exact) mass is 296 g/mol. The summed E-state index contributed by atoms with van der Waals surface area (Å²) < 4.78 is 65.3. The summed E-state index contributed by atoms with van der Waals surface area (Å²) in [5, 5.41) is 0. The van der Waals surface area contributed by atoms with E-state index < -0.39 is 44.6 Å². The fourth-order valence-corrected chi connectivity index (χ4v) is 2.63. The number of ketones is 1. The average Bonchev–Trinajstić information content (AvgIpc) is 2.27. The van der Waals surface area contributed by atoms with E-state index in [4.69, 9.17) is 0 Å². The van der Waals surface area contributed by atoms with Gasteiger partial charge in [-0.05, 0) is 18.2 Å². The number of Topliss-reactive ketones (excluding diaryl/α,β-unsaturated/α-hetero) is 1. The Balaban J connectivity index is 3.06. The zero-order valence-corrected chi connectivity index (χ0v) is 10.7. The van der Waals surface area contributed by atoms with Crippen molar-refractivity contribution in [3.63, 3.8) is 0 Å². The van der Waals surface area contributed by atoms with E-state index in [-0.39, 0.29) is 0 Å². The Kier molecular flexibility index (Phi) is 4.70. The molecule has 1 aromatic carbocycles. The van der Waals surface area contributed by atoms with Crippen molar-refractivity contribution in [3.8, 4) is 0 Å². The minimum atomic E-state index is -4.64. The summed E-state index contributed by atoms with van der Waals surface area (Å²) in [6.07, 6.45) is -4.64. The third kappa shape index (κ3) is 4.32. The highest BCUT2D eigenvalue weighted by atomic mass is 32.2. The molecule has 0 unspecified atom stereocenters. The van der Waals surface area contributed by atoms with Crippen LogP contribution in [0.1, 0.15) is 5.56 Å². The van der Waals surface area contributed by atoms with Crippen molar-refractivity contribution in [2.45, 2.75) is 11.1 Å². The van der Waals surface area contributed by atoms with Gasteiger partial charge in [0.25, 0.3) is 0 Å². The zero-order chi connectivity index (χ0) is 14.7. The molecule has 0 radical (unpaired) electrons. The first kappa shape index (κ1) is 15.6. The number of sulfone groups is 1. The summed E-state index contributed by atoms with van der Waals surface area (Å²) in [6, 6.07) is 3.27. The van der Waals surface area contributed by atoms with E-state index in [1.807, 2.05) is 0 Å².